The Morgan fingerprint density at radius 1 is 0.808 bits per heavy atom. The van der Waals surface area contributed by atoms with Crippen molar-refractivity contribution in [3.8, 4) is 0 Å². The van der Waals surface area contributed by atoms with Crippen LogP contribution in [0, 0.1) is 0 Å². The Morgan fingerprint density at radius 2 is 1.38 bits per heavy atom. The fourth-order valence-electron chi connectivity index (χ4n) is 3.36. The molecule has 0 spiro atoms. The zero-order chi connectivity index (χ0) is 18.6. The molecule has 140 valence electrons. The second-order valence-corrected chi connectivity index (χ2v) is 7.06. The molecule has 0 aromatic heterocycles. The molecular formula is C24H32O2. The summed E-state index contributed by atoms with van der Waals surface area (Å²) in [6.07, 6.45) is 10.0. The molecule has 26 heavy (non-hydrogen) atoms. The van der Waals surface area contributed by atoms with Gasteiger partial charge in [0.25, 0.3) is 0 Å². The van der Waals surface area contributed by atoms with Gasteiger partial charge in [0, 0.05) is 5.56 Å². The van der Waals surface area contributed by atoms with E-state index in [4.69, 9.17) is 0 Å². The fraction of sp³-hybridized carbons (Fsp3) is 0.458. The minimum Gasteiger partial charge on any atom is -0.380 e. The molecule has 2 aromatic carbocycles. The van der Waals surface area contributed by atoms with Crippen LogP contribution in [0.2, 0.25) is 0 Å². The van der Waals surface area contributed by atoms with Gasteiger partial charge in [0.05, 0.1) is 0 Å². The number of benzene rings is 2. The van der Waals surface area contributed by atoms with E-state index in [1.807, 2.05) is 42.5 Å². The monoisotopic (exact) mass is 352 g/mol. The molecule has 0 heterocycles. The first-order valence-corrected chi connectivity index (χ1v) is 10.1. The number of Topliss-reactive ketones (excluding diaryl/α,β-unsaturated/α-hetero) is 1. The quantitative estimate of drug-likeness (QED) is 0.360. The van der Waals surface area contributed by atoms with Crippen LogP contribution in [-0.2, 0) is 6.42 Å². The zero-order valence-electron chi connectivity index (χ0n) is 16.0. The normalized spacial score (nSPS) is 12.1. The highest BCUT2D eigenvalue weighted by Gasteiger charge is 2.21. The van der Waals surface area contributed by atoms with E-state index in [-0.39, 0.29) is 5.78 Å². The minimum atomic E-state index is -1.09. The van der Waals surface area contributed by atoms with Crippen molar-refractivity contribution in [3.63, 3.8) is 0 Å². The van der Waals surface area contributed by atoms with Gasteiger partial charge < -0.3 is 5.11 Å². The molecule has 2 aromatic rings. The smallest absolute Gasteiger partial charge is 0.196 e. The van der Waals surface area contributed by atoms with Crippen LogP contribution in [0.25, 0.3) is 0 Å². The Bertz CT molecular complexity index is 648. The number of ketones is 1. The highest BCUT2D eigenvalue weighted by Crippen LogP contribution is 2.22. The second kappa shape index (κ2) is 11.6. The third-order valence-corrected chi connectivity index (χ3v) is 4.95. The summed E-state index contributed by atoms with van der Waals surface area (Å²) >= 11 is 0. The van der Waals surface area contributed by atoms with Gasteiger partial charge in [0.15, 0.2) is 5.78 Å². The van der Waals surface area contributed by atoms with Crippen molar-refractivity contribution in [1.29, 1.82) is 0 Å². The third-order valence-electron chi connectivity index (χ3n) is 4.95. The van der Waals surface area contributed by atoms with Crippen LogP contribution in [0.3, 0.4) is 0 Å². The van der Waals surface area contributed by atoms with Crippen molar-refractivity contribution in [2.75, 3.05) is 0 Å². The van der Waals surface area contributed by atoms with Crippen molar-refractivity contribution in [2.24, 2.45) is 0 Å². The van der Waals surface area contributed by atoms with Gasteiger partial charge in [-0.1, -0.05) is 106 Å². The maximum absolute atomic E-state index is 12.8. The topological polar surface area (TPSA) is 37.3 Å². The molecule has 0 aliphatic heterocycles. The molecule has 1 unspecified atom stereocenters. The van der Waals surface area contributed by atoms with Gasteiger partial charge in [-0.2, -0.15) is 0 Å². The lowest BCUT2D eigenvalue weighted by molar-refractivity contribution is 0.0746. The molecule has 2 rings (SSSR count). The second-order valence-electron chi connectivity index (χ2n) is 7.06. The van der Waals surface area contributed by atoms with Crippen LogP contribution in [0.5, 0.6) is 0 Å². The van der Waals surface area contributed by atoms with E-state index >= 15 is 0 Å². The number of carbonyl (C=O) groups excluding carboxylic acids is 1. The van der Waals surface area contributed by atoms with E-state index in [0.29, 0.717) is 11.1 Å². The van der Waals surface area contributed by atoms with Crippen LogP contribution in [0.4, 0.5) is 0 Å². The predicted octanol–water partition coefficient (Wildman–Crippen LogP) is 6.29. The van der Waals surface area contributed by atoms with Crippen LogP contribution in [0.15, 0.2) is 54.6 Å². The Labute approximate surface area is 158 Å². The lowest BCUT2D eigenvalue weighted by Gasteiger charge is -2.13. The number of aryl methyl sites for hydroxylation is 1. The summed E-state index contributed by atoms with van der Waals surface area (Å²) in [5.74, 6) is -0.202. The summed E-state index contributed by atoms with van der Waals surface area (Å²) in [5.41, 5.74) is 2.37. The van der Waals surface area contributed by atoms with E-state index in [0.717, 1.165) is 18.4 Å². The van der Waals surface area contributed by atoms with Crippen molar-refractivity contribution in [3.05, 3.63) is 71.3 Å². The molecule has 1 N–H and O–H groups in total. The standard InChI is InChI=1S/C24H32O2/c1-2-3-4-5-6-7-8-10-15-20-16-13-14-19-22(20)24(26)23(25)21-17-11-9-12-18-21/h9,11-14,16-19,23,25H,2-8,10,15H2,1H3. The van der Waals surface area contributed by atoms with Crippen molar-refractivity contribution >= 4 is 5.78 Å². The summed E-state index contributed by atoms with van der Waals surface area (Å²) in [6.45, 7) is 2.24. The fourth-order valence-corrected chi connectivity index (χ4v) is 3.36. The molecule has 2 nitrogen and oxygen atoms in total. The summed E-state index contributed by atoms with van der Waals surface area (Å²) < 4.78 is 0. The molecule has 0 saturated heterocycles. The number of carbonyl (C=O) groups is 1. The number of hydrogen-bond acceptors (Lipinski definition) is 2. The first-order chi connectivity index (χ1) is 12.7. The maximum atomic E-state index is 12.8. The van der Waals surface area contributed by atoms with Crippen molar-refractivity contribution in [2.45, 2.75) is 70.8 Å². The highest BCUT2D eigenvalue weighted by atomic mass is 16.3. The van der Waals surface area contributed by atoms with Gasteiger partial charge >= 0.3 is 0 Å². The maximum Gasteiger partial charge on any atom is 0.196 e. The number of hydrogen-bond donors (Lipinski definition) is 1. The van der Waals surface area contributed by atoms with E-state index in [2.05, 4.69) is 6.92 Å². The van der Waals surface area contributed by atoms with Gasteiger partial charge in [0.1, 0.15) is 6.10 Å². The Hall–Kier alpha value is -1.93. The average Bonchev–Trinajstić information content (AvgIpc) is 2.70. The van der Waals surface area contributed by atoms with Crippen LogP contribution in [-0.4, -0.2) is 10.9 Å². The Balaban J connectivity index is 1.86. The molecule has 0 amide bonds. The molecular weight excluding hydrogens is 320 g/mol. The summed E-state index contributed by atoms with van der Waals surface area (Å²) in [7, 11) is 0. The first kappa shape index (κ1) is 20.4. The van der Waals surface area contributed by atoms with Gasteiger partial charge in [-0.05, 0) is 24.0 Å². The van der Waals surface area contributed by atoms with Crippen LogP contribution >= 0.6 is 0 Å². The lowest BCUT2D eigenvalue weighted by Crippen LogP contribution is -2.14. The Kier molecular flexibility index (Phi) is 9.13. The molecule has 1 atom stereocenters. The lowest BCUT2D eigenvalue weighted by atomic mass is 9.93. The summed E-state index contributed by atoms with van der Waals surface area (Å²) in [4.78, 5) is 12.8. The van der Waals surface area contributed by atoms with Gasteiger partial charge in [-0.3, -0.25) is 4.79 Å². The SMILES string of the molecule is CCCCCCCCCCc1ccccc1C(=O)C(O)c1ccccc1. The third kappa shape index (κ3) is 6.42. The van der Waals surface area contributed by atoms with Crippen LogP contribution in [0.1, 0.15) is 85.9 Å². The average molecular weight is 353 g/mol. The number of rotatable bonds is 12. The molecule has 0 aliphatic carbocycles. The molecule has 0 radical (unpaired) electrons. The molecule has 0 aliphatic rings. The largest absolute Gasteiger partial charge is 0.380 e. The number of unbranched alkanes of at least 4 members (excludes halogenated alkanes) is 7. The van der Waals surface area contributed by atoms with E-state index in [9.17, 15) is 9.90 Å². The van der Waals surface area contributed by atoms with Crippen molar-refractivity contribution in [1.82, 2.24) is 0 Å². The zero-order valence-corrected chi connectivity index (χ0v) is 16.0. The molecule has 0 fully saturated rings. The summed E-state index contributed by atoms with van der Waals surface area (Å²) in [5, 5.41) is 10.4. The molecule has 0 saturated carbocycles. The van der Waals surface area contributed by atoms with Gasteiger partial charge in [0.2, 0.25) is 0 Å². The summed E-state index contributed by atoms with van der Waals surface area (Å²) in [6, 6.07) is 16.9. The van der Waals surface area contributed by atoms with Gasteiger partial charge in [-0.25, -0.2) is 0 Å². The van der Waals surface area contributed by atoms with E-state index in [1.54, 1.807) is 12.1 Å². The molecule has 2 heteroatoms. The number of aliphatic hydroxyl groups is 1. The minimum absolute atomic E-state index is 0.202. The van der Waals surface area contributed by atoms with Crippen molar-refractivity contribution < 1.29 is 9.90 Å². The first-order valence-electron chi connectivity index (χ1n) is 10.1. The van der Waals surface area contributed by atoms with E-state index < -0.39 is 6.10 Å². The highest BCUT2D eigenvalue weighted by molar-refractivity contribution is 6.01. The van der Waals surface area contributed by atoms with E-state index in [1.165, 1.54) is 44.9 Å². The van der Waals surface area contributed by atoms with Gasteiger partial charge in [-0.15, -0.1) is 0 Å². The van der Waals surface area contributed by atoms with Crippen LogP contribution < -0.4 is 0 Å². The molecule has 0 bridgehead atoms. The Morgan fingerprint density at radius 3 is 2.08 bits per heavy atom. The predicted molar refractivity (Wildman–Crippen MR) is 108 cm³/mol. The number of aliphatic hydroxyl groups excluding tert-OH is 1.